The van der Waals surface area contributed by atoms with Gasteiger partial charge in [-0.2, -0.15) is 0 Å². The van der Waals surface area contributed by atoms with E-state index in [2.05, 4.69) is 13.8 Å². The first kappa shape index (κ1) is 16.8. The predicted molar refractivity (Wildman–Crippen MR) is 75.6 cm³/mol. The van der Waals surface area contributed by atoms with Gasteiger partial charge in [0, 0.05) is 25.4 Å². The highest BCUT2D eigenvalue weighted by Gasteiger charge is 2.11. The van der Waals surface area contributed by atoms with Crippen molar-refractivity contribution >= 4 is 17.5 Å². The molecule has 1 amide bonds. The van der Waals surface area contributed by atoms with Crippen molar-refractivity contribution in [1.29, 1.82) is 0 Å². The summed E-state index contributed by atoms with van der Waals surface area (Å²) in [6.07, 6.45) is 8.34. The van der Waals surface area contributed by atoms with E-state index in [0.29, 0.717) is 18.2 Å². The number of nitrogens with zero attached hydrogens (tertiary/aromatic N) is 1. The summed E-state index contributed by atoms with van der Waals surface area (Å²) in [5.74, 6) is 1.05. The largest absolute Gasteiger partial charge is 0.343 e. The molecule has 0 aromatic heterocycles. The zero-order valence-electron chi connectivity index (χ0n) is 11.5. The molecule has 0 unspecified atom stereocenters. The lowest BCUT2D eigenvalue weighted by Gasteiger charge is -2.22. The van der Waals surface area contributed by atoms with Gasteiger partial charge in [0.05, 0.1) is 0 Å². The van der Waals surface area contributed by atoms with Gasteiger partial charge in [0.15, 0.2) is 0 Å². The molecule has 0 atom stereocenters. The normalized spacial score (nSPS) is 10.5. The van der Waals surface area contributed by atoms with E-state index in [9.17, 15) is 4.79 Å². The summed E-state index contributed by atoms with van der Waals surface area (Å²) in [5, 5.41) is 0. The number of hydrogen-bond donors (Lipinski definition) is 0. The SMILES string of the molecule is CCCCN(CCCC)C(=O)CCCCCCl. The van der Waals surface area contributed by atoms with Crippen LogP contribution in [0, 0.1) is 0 Å². The van der Waals surface area contributed by atoms with Gasteiger partial charge in [0.2, 0.25) is 5.91 Å². The van der Waals surface area contributed by atoms with Crippen molar-refractivity contribution in [3.63, 3.8) is 0 Å². The fourth-order valence-corrected chi connectivity index (χ4v) is 1.95. The Morgan fingerprint density at radius 2 is 1.53 bits per heavy atom. The Labute approximate surface area is 112 Å². The minimum Gasteiger partial charge on any atom is -0.343 e. The van der Waals surface area contributed by atoms with Gasteiger partial charge in [-0.05, 0) is 25.7 Å². The molecule has 0 aliphatic rings. The molecule has 0 radical (unpaired) electrons. The predicted octanol–water partition coefficient (Wildman–Crippen LogP) is 4.21. The van der Waals surface area contributed by atoms with Gasteiger partial charge >= 0.3 is 0 Å². The number of hydrogen-bond acceptors (Lipinski definition) is 1. The fourth-order valence-electron chi connectivity index (χ4n) is 1.76. The summed E-state index contributed by atoms with van der Waals surface area (Å²) < 4.78 is 0. The molecule has 17 heavy (non-hydrogen) atoms. The molecule has 0 rings (SSSR count). The van der Waals surface area contributed by atoms with Crippen LogP contribution < -0.4 is 0 Å². The molecule has 0 aromatic carbocycles. The third kappa shape index (κ3) is 9.46. The Balaban J connectivity index is 3.85. The molecular weight excluding hydrogens is 234 g/mol. The molecule has 102 valence electrons. The quantitative estimate of drug-likeness (QED) is 0.403. The van der Waals surface area contributed by atoms with Crippen LogP contribution in [0.5, 0.6) is 0 Å². The average molecular weight is 262 g/mol. The van der Waals surface area contributed by atoms with Crippen LogP contribution in [0.3, 0.4) is 0 Å². The maximum absolute atomic E-state index is 12.0. The van der Waals surface area contributed by atoms with Gasteiger partial charge in [-0.15, -0.1) is 11.6 Å². The highest BCUT2D eigenvalue weighted by molar-refractivity contribution is 6.17. The Hall–Kier alpha value is -0.240. The van der Waals surface area contributed by atoms with Gasteiger partial charge in [0.25, 0.3) is 0 Å². The molecule has 0 aromatic rings. The van der Waals surface area contributed by atoms with Crippen molar-refractivity contribution in [2.45, 2.75) is 65.2 Å². The molecule has 2 nitrogen and oxygen atoms in total. The molecule has 0 spiro atoms. The zero-order chi connectivity index (χ0) is 12.9. The van der Waals surface area contributed by atoms with E-state index in [1.807, 2.05) is 4.90 Å². The van der Waals surface area contributed by atoms with E-state index < -0.39 is 0 Å². The molecule has 0 aliphatic heterocycles. The number of rotatable bonds is 11. The molecule has 0 bridgehead atoms. The van der Waals surface area contributed by atoms with Crippen LogP contribution in [0.15, 0.2) is 0 Å². The van der Waals surface area contributed by atoms with Crippen molar-refractivity contribution in [2.75, 3.05) is 19.0 Å². The Morgan fingerprint density at radius 3 is 2.00 bits per heavy atom. The zero-order valence-corrected chi connectivity index (χ0v) is 12.3. The first-order valence-corrected chi connectivity index (χ1v) is 7.63. The highest BCUT2D eigenvalue weighted by atomic mass is 35.5. The summed E-state index contributed by atoms with van der Waals surface area (Å²) in [4.78, 5) is 14.1. The van der Waals surface area contributed by atoms with Gasteiger partial charge < -0.3 is 4.90 Å². The van der Waals surface area contributed by atoms with E-state index in [-0.39, 0.29) is 0 Å². The topological polar surface area (TPSA) is 20.3 Å². The summed E-state index contributed by atoms with van der Waals surface area (Å²) in [7, 11) is 0. The minimum atomic E-state index is 0.335. The monoisotopic (exact) mass is 261 g/mol. The second-order valence-corrected chi connectivity index (χ2v) is 4.97. The first-order valence-electron chi connectivity index (χ1n) is 7.10. The third-order valence-electron chi connectivity index (χ3n) is 2.94. The fraction of sp³-hybridized carbons (Fsp3) is 0.929. The molecule has 0 heterocycles. The molecule has 0 saturated heterocycles. The van der Waals surface area contributed by atoms with Crippen molar-refractivity contribution < 1.29 is 4.79 Å². The van der Waals surface area contributed by atoms with E-state index in [0.717, 1.165) is 58.0 Å². The summed E-state index contributed by atoms with van der Waals surface area (Å²) >= 11 is 5.62. The maximum Gasteiger partial charge on any atom is 0.222 e. The molecule has 0 fully saturated rings. The van der Waals surface area contributed by atoms with E-state index in [1.54, 1.807) is 0 Å². The number of alkyl halides is 1. The molecular formula is C14H28ClNO. The van der Waals surface area contributed by atoms with Gasteiger partial charge in [-0.1, -0.05) is 33.1 Å². The van der Waals surface area contributed by atoms with Crippen molar-refractivity contribution in [3.05, 3.63) is 0 Å². The summed E-state index contributed by atoms with van der Waals surface area (Å²) in [5.41, 5.74) is 0. The van der Waals surface area contributed by atoms with E-state index in [1.165, 1.54) is 0 Å². The Bertz CT molecular complexity index is 177. The standard InChI is InChI=1S/C14H28ClNO/c1-3-5-12-16(13-6-4-2)14(17)10-8-7-9-11-15/h3-13H2,1-2H3. The van der Waals surface area contributed by atoms with Crippen LogP contribution in [-0.4, -0.2) is 29.8 Å². The Morgan fingerprint density at radius 1 is 0.941 bits per heavy atom. The molecule has 0 aliphatic carbocycles. The molecule has 3 heteroatoms. The average Bonchev–Trinajstić information content (AvgIpc) is 2.34. The van der Waals surface area contributed by atoms with Gasteiger partial charge in [-0.3, -0.25) is 4.79 Å². The summed E-state index contributed by atoms with van der Waals surface area (Å²) in [6, 6.07) is 0. The third-order valence-corrected chi connectivity index (χ3v) is 3.21. The van der Waals surface area contributed by atoms with Crippen molar-refractivity contribution in [2.24, 2.45) is 0 Å². The molecule has 0 N–H and O–H groups in total. The second kappa shape index (κ2) is 12.2. The van der Waals surface area contributed by atoms with Gasteiger partial charge in [-0.25, -0.2) is 0 Å². The second-order valence-electron chi connectivity index (χ2n) is 4.59. The van der Waals surface area contributed by atoms with Crippen LogP contribution in [0.4, 0.5) is 0 Å². The number of carbonyl (C=O) groups excluding carboxylic acids is 1. The van der Waals surface area contributed by atoms with Crippen molar-refractivity contribution in [1.82, 2.24) is 4.90 Å². The first-order chi connectivity index (χ1) is 8.26. The number of halogens is 1. The lowest BCUT2D eigenvalue weighted by atomic mass is 10.1. The lowest BCUT2D eigenvalue weighted by molar-refractivity contribution is -0.131. The minimum absolute atomic E-state index is 0.335. The lowest BCUT2D eigenvalue weighted by Crippen LogP contribution is -2.32. The van der Waals surface area contributed by atoms with Crippen LogP contribution in [0.2, 0.25) is 0 Å². The molecule has 0 saturated carbocycles. The number of unbranched alkanes of at least 4 members (excludes halogenated alkanes) is 4. The maximum atomic E-state index is 12.0. The van der Waals surface area contributed by atoms with E-state index in [4.69, 9.17) is 11.6 Å². The highest BCUT2D eigenvalue weighted by Crippen LogP contribution is 2.07. The Kier molecular flexibility index (Phi) is 12.1. The number of amides is 1. The van der Waals surface area contributed by atoms with Crippen LogP contribution >= 0.6 is 11.6 Å². The van der Waals surface area contributed by atoms with Crippen LogP contribution in [-0.2, 0) is 4.79 Å². The van der Waals surface area contributed by atoms with Gasteiger partial charge in [0.1, 0.15) is 0 Å². The van der Waals surface area contributed by atoms with Crippen LogP contribution in [0.1, 0.15) is 65.2 Å². The van der Waals surface area contributed by atoms with Crippen molar-refractivity contribution in [3.8, 4) is 0 Å². The van der Waals surface area contributed by atoms with E-state index >= 15 is 0 Å². The number of carbonyl (C=O) groups is 1. The smallest absolute Gasteiger partial charge is 0.222 e. The summed E-state index contributed by atoms with van der Waals surface area (Å²) in [6.45, 7) is 6.21. The van der Waals surface area contributed by atoms with Crippen LogP contribution in [0.25, 0.3) is 0 Å².